The first-order chi connectivity index (χ1) is 7.72. The number of hydrogen-bond donors (Lipinski definition) is 3. The van der Waals surface area contributed by atoms with Gasteiger partial charge in [-0.1, -0.05) is 30.3 Å². The number of ether oxygens (including phenoxy) is 1. The van der Waals surface area contributed by atoms with Gasteiger partial charge in [0.25, 0.3) is 0 Å². The van der Waals surface area contributed by atoms with Gasteiger partial charge < -0.3 is 20.1 Å². The van der Waals surface area contributed by atoms with Crippen LogP contribution < -0.4 is 0 Å². The summed E-state index contributed by atoms with van der Waals surface area (Å²) in [5.74, 6) is 0. The van der Waals surface area contributed by atoms with E-state index in [1.165, 1.54) is 0 Å². The Morgan fingerprint density at radius 3 is 2.38 bits per heavy atom. The molecule has 0 unspecified atom stereocenters. The second kappa shape index (κ2) is 7.35. The Bertz CT molecular complexity index is 276. The van der Waals surface area contributed by atoms with Crippen molar-refractivity contribution in [3.8, 4) is 0 Å². The number of aliphatic hydroxyl groups is 3. The number of aliphatic hydroxyl groups excluding tert-OH is 3. The van der Waals surface area contributed by atoms with E-state index in [9.17, 15) is 5.11 Å². The van der Waals surface area contributed by atoms with Gasteiger partial charge in [0.15, 0.2) is 0 Å². The van der Waals surface area contributed by atoms with Crippen LogP contribution in [0.2, 0.25) is 0 Å². The first-order valence-electron chi connectivity index (χ1n) is 5.31. The third-order valence-corrected chi connectivity index (χ3v) is 2.18. The average Bonchev–Trinajstić information content (AvgIpc) is 2.30. The SMILES string of the molecule is OC[C@@H](O)C[C@@H](O)COCc1ccccc1. The Morgan fingerprint density at radius 1 is 1.06 bits per heavy atom. The molecule has 0 heterocycles. The predicted octanol–water partition coefficient (Wildman–Crippen LogP) is 0.307. The van der Waals surface area contributed by atoms with E-state index in [2.05, 4.69) is 0 Å². The van der Waals surface area contributed by atoms with Crippen LogP contribution >= 0.6 is 0 Å². The van der Waals surface area contributed by atoms with Gasteiger partial charge in [-0.25, -0.2) is 0 Å². The number of rotatable bonds is 7. The van der Waals surface area contributed by atoms with Gasteiger partial charge in [-0.2, -0.15) is 0 Å². The van der Waals surface area contributed by atoms with Gasteiger partial charge in [0.2, 0.25) is 0 Å². The molecule has 2 atom stereocenters. The highest BCUT2D eigenvalue weighted by Gasteiger charge is 2.10. The van der Waals surface area contributed by atoms with Crippen molar-refractivity contribution in [3.63, 3.8) is 0 Å². The van der Waals surface area contributed by atoms with Crippen molar-refractivity contribution in [1.82, 2.24) is 0 Å². The van der Waals surface area contributed by atoms with Crippen LogP contribution in [0.1, 0.15) is 12.0 Å². The molecular weight excluding hydrogens is 208 g/mol. The molecule has 0 saturated carbocycles. The lowest BCUT2D eigenvalue weighted by Crippen LogP contribution is -2.24. The maximum absolute atomic E-state index is 9.43. The van der Waals surface area contributed by atoms with Crippen molar-refractivity contribution >= 4 is 0 Å². The highest BCUT2D eigenvalue weighted by atomic mass is 16.5. The van der Waals surface area contributed by atoms with Crippen molar-refractivity contribution in [1.29, 1.82) is 0 Å². The molecule has 1 aromatic carbocycles. The zero-order valence-corrected chi connectivity index (χ0v) is 9.12. The molecular formula is C12H18O4. The van der Waals surface area contributed by atoms with Gasteiger partial charge in [-0.3, -0.25) is 0 Å². The minimum Gasteiger partial charge on any atom is -0.394 e. The van der Waals surface area contributed by atoms with E-state index in [0.717, 1.165) is 5.56 Å². The van der Waals surface area contributed by atoms with Crippen LogP contribution in [-0.2, 0) is 11.3 Å². The second-order valence-electron chi connectivity index (χ2n) is 3.73. The van der Waals surface area contributed by atoms with Gasteiger partial charge in [0, 0.05) is 6.42 Å². The van der Waals surface area contributed by atoms with Crippen LogP contribution in [0.4, 0.5) is 0 Å². The Hall–Kier alpha value is -0.940. The lowest BCUT2D eigenvalue weighted by Gasteiger charge is -2.14. The van der Waals surface area contributed by atoms with Crippen molar-refractivity contribution in [2.24, 2.45) is 0 Å². The molecule has 3 N–H and O–H groups in total. The maximum atomic E-state index is 9.43. The number of hydrogen-bond acceptors (Lipinski definition) is 4. The molecule has 0 fully saturated rings. The van der Waals surface area contributed by atoms with Crippen LogP contribution in [0.15, 0.2) is 30.3 Å². The van der Waals surface area contributed by atoms with Crippen LogP contribution in [0.5, 0.6) is 0 Å². The average molecular weight is 226 g/mol. The molecule has 0 aliphatic heterocycles. The van der Waals surface area contributed by atoms with Crippen LogP contribution in [0.3, 0.4) is 0 Å². The highest BCUT2D eigenvalue weighted by molar-refractivity contribution is 5.13. The quantitative estimate of drug-likeness (QED) is 0.625. The molecule has 4 nitrogen and oxygen atoms in total. The standard InChI is InChI=1S/C12H18O4/c13-7-11(14)6-12(15)9-16-8-10-4-2-1-3-5-10/h1-5,11-15H,6-9H2/t11-,12+/m0/s1. The molecule has 1 aromatic rings. The first-order valence-corrected chi connectivity index (χ1v) is 5.31. The fourth-order valence-electron chi connectivity index (χ4n) is 1.34. The van der Waals surface area contributed by atoms with Crippen molar-refractivity contribution in [2.75, 3.05) is 13.2 Å². The largest absolute Gasteiger partial charge is 0.394 e. The van der Waals surface area contributed by atoms with E-state index in [0.29, 0.717) is 6.61 Å². The third-order valence-electron chi connectivity index (χ3n) is 2.18. The van der Waals surface area contributed by atoms with Crippen molar-refractivity contribution < 1.29 is 20.1 Å². The van der Waals surface area contributed by atoms with E-state index in [-0.39, 0.29) is 19.6 Å². The fraction of sp³-hybridized carbons (Fsp3) is 0.500. The van der Waals surface area contributed by atoms with E-state index < -0.39 is 12.2 Å². The summed E-state index contributed by atoms with van der Waals surface area (Å²) in [5.41, 5.74) is 1.04. The summed E-state index contributed by atoms with van der Waals surface area (Å²) in [6.45, 7) is 0.259. The summed E-state index contributed by atoms with van der Waals surface area (Å²) in [6, 6.07) is 9.65. The lowest BCUT2D eigenvalue weighted by atomic mass is 10.2. The van der Waals surface area contributed by atoms with Crippen LogP contribution in [0, 0.1) is 0 Å². The summed E-state index contributed by atoms with van der Waals surface area (Å²) in [4.78, 5) is 0. The summed E-state index contributed by atoms with van der Waals surface area (Å²) in [6.07, 6.45) is -1.49. The van der Waals surface area contributed by atoms with Crippen molar-refractivity contribution in [3.05, 3.63) is 35.9 Å². The van der Waals surface area contributed by atoms with Crippen molar-refractivity contribution in [2.45, 2.75) is 25.2 Å². The summed E-state index contributed by atoms with van der Waals surface area (Å²) in [7, 11) is 0. The second-order valence-corrected chi connectivity index (χ2v) is 3.73. The van der Waals surface area contributed by atoms with E-state index in [1.807, 2.05) is 30.3 Å². The Kier molecular flexibility index (Phi) is 6.03. The molecule has 0 saturated heterocycles. The first kappa shape index (κ1) is 13.1. The van der Waals surface area contributed by atoms with Gasteiger partial charge >= 0.3 is 0 Å². The van der Waals surface area contributed by atoms with Gasteiger partial charge in [0.05, 0.1) is 32.0 Å². The van der Waals surface area contributed by atoms with Gasteiger partial charge in [-0.15, -0.1) is 0 Å². The third kappa shape index (κ3) is 5.23. The Balaban J connectivity index is 2.15. The van der Waals surface area contributed by atoms with Gasteiger partial charge in [0.1, 0.15) is 0 Å². The topological polar surface area (TPSA) is 69.9 Å². The monoisotopic (exact) mass is 226 g/mol. The Labute approximate surface area is 95.1 Å². The molecule has 4 heteroatoms. The molecule has 0 aliphatic rings. The lowest BCUT2D eigenvalue weighted by molar-refractivity contribution is -0.0106. The van der Waals surface area contributed by atoms with E-state index >= 15 is 0 Å². The minimum atomic E-state index is -0.879. The molecule has 0 amide bonds. The summed E-state index contributed by atoms with van der Waals surface area (Å²) < 4.78 is 5.28. The highest BCUT2D eigenvalue weighted by Crippen LogP contribution is 2.03. The Morgan fingerprint density at radius 2 is 1.75 bits per heavy atom. The van der Waals surface area contributed by atoms with E-state index in [1.54, 1.807) is 0 Å². The zero-order chi connectivity index (χ0) is 11.8. The molecule has 0 aliphatic carbocycles. The minimum absolute atomic E-state index is 0.130. The summed E-state index contributed by atoms with van der Waals surface area (Å²) in [5, 5.41) is 27.1. The molecule has 90 valence electrons. The van der Waals surface area contributed by atoms with Crippen LogP contribution in [0.25, 0.3) is 0 Å². The molecule has 16 heavy (non-hydrogen) atoms. The molecule has 1 rings (SSSR count). The predicted molar refractivity (Wildman–Crippen MR) is 59.8 cm³/mol. The zero-order valence-electron chi connectivity index (χ0n) is 9.12. The number of benzene rings is 1. The molecule has 0 spiro atoms. The maximum Gasteiger partial charge on any atom is 0.0799 e. The van der Waals surface area contributed by atoms with E-state index in [4.69, 9.17) is 14.9 Å². The molecule has 0 aromatic heterocycles. The summed E-state index contributed by atoms with van der Waals surface area (Å²) >= 11 is 0. The normalized spacial score (nSPS) is 14.7. The van der Waals surface area contributed by atoms with Crippen LogP contribution in [-0.4, -0.2) is 40.7 Å². The smallest absolute Gasteiger partial charge is 0.0799 e. The molecule has 0 bridgehead atoms. The van der Waals surface area contributed by atoms with Gasteiger partial charge in [-0.05, 0) is 5.56 Å². The fourth-order valence-corrected chi connectivity index (χ4v) is 1.34. The molecule has 0 radical (unpaired) electrons.